The summed E-state index contributed by atoms with van der Waals surface area (Å²) in [7, 11) is 0. The highest BCUT2D eigenvalue weighted by Crippen LogP contribution is 2.30. The molecule has 31 heavy (non-hydrogen) atoms. The van der Waals surface area contributed by atoms with E-state index in [0.717, 1.165) is 12.8 Å². The average molecular weight is 422 g/mol. The first kappa shape index (κ1) is 20.2. The Morgan fingerprint density at radius 3 is 2.61 bits per heavy atom. The van der Waals surface area contributed by atoms with Gasteiger partial charge in [-0.1, -0.05) is 6.07 Å². The van der Waals surface area contributed by atoms with E-state index in [-0.39, 0.29) is 34.9 Å². The second-order valence-electron chi connectivity index (χ2n) is 7.14. The van der Waals surface area contributed by atoms with Crippen LogP contribution < -0.4 is 5.32 Å². The lowest BCUT2D eigenvalue weighted by Crippen LogP contribution is -2.14. The normalized spacial score (nSPS) is 14.0. The maximum absolute atomic E-state index is 12.5. The van der Waals surface area contributed by atoms with Gasteiger partial charge < -0.3 is 14.5 Å². The van der Waals surface area contributed by atoms with Crippen LogP contribution in [-0.2, 0) is 9.53 Å². The minimum absolute atomic E-state index is 0.0523. The highest BCUT2D eigenvalue weighted by molar-refractivity contribution is 5.96. The van der Waals surface area contributed by atoms with Crippen LogP contribution in [0.5, 0.6) is 0 Å². The number of nitrogens with zero attached hydrogens (tertiary/aromatic N) is 3. The van der Waals surface area contributed by atoms with Gasteiger partial charge in [-0.15, -0.1) is 10.2 Å². The third kappa shape index (κ3) is 4.74. The number of anilines is 1. The number of hydrogen-bond donors (Lipinski definition) is 1. The molecule has 1 amide bonds. The quantitative estimate of drug-likeness (QED) is 0.344. The fourth-order valence-corrected chi connectivity index (χ4v) is 2.83. The second-order valence-corrected chi connectivity index (χ2v) is 7.14. The summed E-state index contributed by atoms with van der Waals surface area (Å²) in [4.78, 5) is 34.7. The lowest BCUT2D eigenvalue weighted by Gasteiger charge is -2.10. The molecular formula is C21H18N4O6. The maximum atomic E-state index is 12.5. The summed E-state index contributed by atoms with van der Waals surface area (Å²) >= 11 is 0. The minimum Gasteiger partial charge on any atom is -0.449 e. The molecule has 1 atom stereocenters. The molecule has 0 spiro atoms. The molecule has 1 fully saturated rings. The molecule has 0 radical (unpaired) electrons. The van der Waals surface area contributed by atoms with E-state index in [2.05, 4.69) is 15.5 Å². The first-order chi connectivity index (χ1) is 14.9. The van der Waals surface area contributed by atoms with E-state index in [1.54, 1.807) is 31.2 Å². The summed E-state index contributed by atoms with van der Waals surface area (Å²) in [5.74, 6) is -0.371. The number of carbonyl (C=O) groups excluding carboxylic acids is 2. The van der Waals surface area contributed by atoms with Crippen molar-refractivity contribution < 1.29 is 23.7 Å². The fraction of sp³-hybridized carbons (Fsp3) is 0.238. The van der Waals surface area contributed by atoms with Crippen LogP contribution in [0, 0.1) is 16.0 Å². The topological polar surface area (TPSA) is 137 Å². The van der Waals surface area contributed by atoms with Crippen LogP contribution in [0.3, 0.4) is 0 Å². The monoisotopic (exact) mass is 422 g/mol. The highest BCUT2D eigenvalue weighted by Gasteiger charge is 2.29. The molecule has 3 aromatic rings. The summed E-state index contributed by atoms with van der Waals surface area (Å²) in [6.07, 6.45) is 0.949. The number of rotatable bonds is 7. The highest BCUT2D eigenvalue weighted by atomic mass is 16.6. The van der Waals surface area contributed by atoms with Gasteiger partial charge in [0.25, 0.3) is 11.6 Å². The van der Waals surface area contributed by atoms with Crippen molar-refractivity contribution in [2.45, 2.75) is 25.9 Å². The van der Waals surface area contributed by atoms with Crippen molar-refractivity contribution in [2.75, 3.05) is 5.32 Å². The van der Waals surface area contributed by atoms with Gasteiger partial charge in [-0.05, 0) is 50.1 Å². The van der Waals surface area contributed by atoms with E-state index >= 15 is 0 Å². The molecule has 1 saturated carbocycles. The van der Waals surface area contributed by atoms with Gasteiger partial charge in [0.1, 0.15) is 0 Å². The number of amides is 1. The Kier molecular flexibility index (Phi) is 5.44. The van der Waals surface area contributed by atoms with E-state index in [4.69, 9.17) is 9.15 Å². The molecule has 1 N–H and O–H groups in total. The zero-order valence-corrected chi connectivity index (χ0v) is 16.5. The number of nitro benzene ring substituents is 1. The molecule has 0 saturated heterocycles. The van der Waals surface area contributed by atoms with Gasteiger partial charge in [-0.2, -0.15) is 0 Å². The number of hydrogen-bond acceptors (Lipinski definition) is 8. The molecule has 4 rings (SSSR count). The average Bonchev–Trinajstić information content (AvgIpc) is 3.50. The lowest BCUT2D eigenvalue weighted by molar-refractivity contribution is -0.384. The number of carbonyl (C=O) groups is 2. The van der Waals surface area contributed by atoms with Gasteiger partial charge in [0, 0.05) is 29.3 Å². The zero-order valence-electron chi connectivity index (χ0n) is 16.5. The van der Waals surface area contributed by atoms with Crippen molar-refractivity contribution in [2.24, 2.45) is 5.92 Å². The third-order valence-corrected chi connectivity index (χ3v) is 4.71. The van der Waals surface area contributed by atoms with Gasteiger partial charge >= 0.3 is 5.97 Å². The summed E-state index contributed by atoms with van der Waals surface area (Å²) in [6.45, 7) is 1.59. The molecule has 10 nitrogen and oxygen atoms in total. The third-order valence-electron chi connectivity index (χ3n) is 4.71. The lowest BCUT2D eigenvalue weighted by atomic mass is 10.2. The second kappa shape index (κ2) is 8.34. The maximum Gasteiger partial charge on any atom is 0.338 e. The molecule has 158 valence electrons. The van der Waals surface area contributed by atoms with Gasteiger partial charge in [0.15, 0.2) is 6.10 Å². The predicted octanol–water partition coefficient (Wildman–Crippen LogP) is 3.91. The van der Waals surface area contributed by atoms with Crippen LogP contribution in [0.1, 0.15) is 42.1 Å². The molecule has 1 aromatic heterocycles. The fourth-order valence-electron chi connectivity index (χ4n) is 2.83. The van der Waals surface area contributed by atoms with Crippen molar-refractivity contribution in [1.29, 1.82) is 0 Å². The largest absolute Gasteiger partial charge is 0.449 e. The Labute approximate surface area is 176 Å². The Hall–Kier alpha value is -4.08. The number of nitro groups is 1. The van der Waals surface area contributed by atoms with Gasteiger partial charge in [0.2, 0.25) is 11.8 Å². The van der Waals surface area contributed by atoms with E-state index in [9.17, 15) is 19.7 Å². The van der Waals surface area contributed by atoms with E-state index in [1.165, 1.54) is 24.3 Å². The Morgan fingerprint density at radius 1 is 1.19 bits per heavy atom. The van der Waals surface area contributed by atoms with Crippen molar-refractivity contribution in [3.63, 3.8) is 0 Å². The molecular weight excluding hydrogens is 404 g/mol. The van der Waals surface area contributed by atoms with Crippen molar-refractivity contribution in [1.82, 2.24) is 10.2 Å². The predicted molar refractivity (Wildman–Crippen MR) is 108 cm³/mol. The molecule has 0 bridgehead atoms. The summed E-state index contributed by atoms with van der Waals surface area (Å²) in [5.41, 5.74) is 1.25. The van der Waals surface area contributed by atoms with Crippen LogP contribution in [-0.4, -0.2) is 27.0 Å². The molecule has 0 aliphatic heterocycles. The first-order valence-corrected chi connectivity index (χ1v) is 9.61. The van der Waals surface area contributed by atoms with Gasteiger partial charge in [-0.25, -0.2) is 4.79 Å². The molecule has 1 heterocycles. The first-order valence-electron chi connectivity index (χ1n) is 9.61. The number of aromatic nitrogens is 2. The van der Waals surface area contributed by atoms with Crippen molar-refractivity contribution in [3.8, 4) is 11.5 Å². The van der Waals surface area contributed by atoms with E-state index in [0.29, 0.717) is 11.3 Å². The zero-order chi connectivity index (χ0) is 22.0. The number of non-ortho nitro benzene ring substituents is 1. The minimum atomic E-state index is -0.823. The number of nitrogens with one attached hydrogen (secondary N) is 1. The summed E-state index contributed by atoms with van der Waals surface area (Å²) < 4.78 is 11.0. The standard InChI is InChI=1S/C21H18N4O6/c1-12(19-23-24-20(31-19)14-7-9-17(10-8-14)25(28)29)30-21(27)15-3-2-4-16(11-15)22-18(26)13-5-6-13/h2-4,7-13H,5-6H2,1H3,(H,22,26). The Morgan fingerprint density at radius 2 is 1.94 bits per heavy atom. The summed E-state index contributed by atoms with van der Waals surface area (Å²) in [6, 6.07) is 12.1. The van der Waals surface area contributed by atoms with Crippen LogP contribution in [0.25, 0.3) is 11.5 Å². The van der Waals surface area contributed by atoms with Crippen LogP contribution in [0.15, 0.2) is 52.9 Å². The number of esters is 1. The van der Waals surface area contributed by atoms with Crippen molar-refractivity contribution >= 4 is 23.3 Å². The Balaban J connectivity index is 1.41. The van der Waals surface area contributed by atoms with Gasteiger partial charge in [-0.3, -0.25) is 14.9 Å². The smallest absolute Gasteiger partial charge is 0.338 e. The molecule has 10 heteroatoms. The molecule has 1 aliphatic rings. The summed E-state index contributed by atoms with van der Waals surface area (Å²) in [5, 5.41) is 21.3. The number of benzene rings is 2. The molecule has 1 aliphatic carbocycles. The van der Waals surface area contributed by atoms with Gasteiger partial charge in [0.05, 0.1) is 10.5 Å². The molecule has 1 unspecified atom stereocenters. The molecule has 2 aromatic carbocycles. The van der Waals surface area contributed by atoms with E-state index < -0.39 is 17.0 Å². The Bertz CT molecular complexity index is 1140. The SMILES string of the molecule is CC(OC(=O)c1cccc(NC(=O)C2CC2)c1)c1nnc(-c2ccc([N+](=O)[O-])cc2)o1. The van der Waals surface area contributed by atoms with Crippen LogP contribution in [0.2, 0.25) is 0 Å². The number of ether oxygens (including phenoxy) is 1. The van der Waals surface area contributed by atoms with E-state index in [1.807, 2.05) is 0 Å². The van der Waals surface area contributed by atoms with Crippen LogP contribution in [0.4, 0.5) is 11.4 Å². The van der Waals surface area contributed by atoms with Crippen LogP contribution >= 0.6 is 0 Å². The van der Waals surface area contributed by atoms with Crippen molar-refractivity contribution in [3.05, 3.63) is 70.1 Å².